The molecule has 0 aromatic heterocycles. The monoisotopic (exact) mass is 255 g/mol. The highest BCUT2D eigenvalue weighted by atomic mass is 16.5. The van der Waals surface area contributed by atoms with E-state index in [1.807, 2.05) is 13.8 Å². The lowest BCUT2D eigenvalue weighted by molar-refractivity contribution is -0.0216. The molecule has 1 saturated carbocycles. The van der Waals surface area contributed by atoms with Crippen LogP contribution >= 0.6 is 0 Å². The van der Waals surface area contributed by atoms with Crippen LogP contribution in [0, 0.1) is 5.92 Å². The molecule has 0 amide bonds. The van der Waals surface area contributed by atoms with E-state index in [0.29, 0.717) is 12.2 Å². The van der Waals surface area contributed by atoms with Crippen LogP contribution in [0.15, 0.2) is 0 Å². The maximum Gasteiger partial charge on any atom is 0.0578 e. The summed E-state index contributed by atoms with van der Waals surface area (Å²) in [5.74, 6) is 0.949. The SMILES string of the molecule is CC.CC(C)OC1CCC(CN2CCCC2)CC1. The lowest BCUT2D eigenvalue weighted by Crippen LogP contribution is -2.31. The minimum atomic E-state index is 0.403. The van der Waals surface area contributed by atoms with Gasteiger partial charge in [0.2, 0.25) is 0 Å². The summed E-state index contributed by atoms with van der Waals surface area (Å²) in [6.07, 6.45) is 9.14. The molecule has 1 heterocycles. The van der Waals surface area contributed by atoms with E-state index in [0.717, 1.165) is 5.92 Å². The minimum absolute atomic E-state index is 0.403. The van der Waals surface area contributed by atoms with E-state index in [4.69, 9.17) is 4.74 Å². The normalized spacial score (nSPS) is 29.2. The van der Waals surface area contributed by atoms with Gasteiger partial charge >= 0.3 is 0 Å². The molecule has 0 unspecified atom stereocenters. The van der Waals surface area contributed by atoms with Gasteiger partial charge in [0.05, 0.1) is 12.2 Å². The molecule has 0 spiro atoms. The van der Waals surface area contributed by atoms with Gasteiger partial charge in [-0.15, -0.1) is 0 Å². The Labute approximate surface area is 114 Å². The smallest absolute Gasteiger partial charge is 0.0578 e. The van der Waals surface area contributed by atoms with Crippen molar-refractivity contribution < 1.29 is 4.74 Å². The molecule has 0 aromatic rings. The van der Waals surface area contributed by atoms with Gasteiger partial charge in [-0.1, -0.05) is 13.8 Å². The highest BCUT2D eigenvalue weighted by Crippen LogP contribution is 2.28. The van der Waals surface area contributed by atoms with Crippen LogP contribution in [0.3, 0.4) is 0 Å². The van der Waals surface area contributed by atoms with E-state index in [9.17, 15) is 0 Å². The van der Waals surface area contributed by atoms with Gasteiger partial charge in [-0.25, -0.2) is 0 Å². The number of hydrogen-bond donors (Lipinski definition) is 0. The van der Waals surface area contributed by atoms with Crippen molar-refractivity contribution in [1.29, 1.82) is 0 Å². The fourth-order valence-corrected chi connectivity index (χ4v) is 3.17. The molecule has 0 aromatic carbocycles. The van der Waals surface area contributed by atoms with Gasteiger partial charge in [-0.3, -0.25) is 0 Å². The second-order valence-electron chi connectivity index (χ2n) is 5.84. The van der Waals surface area contributed by atoms with Crippen LogP contribution in [0.5, 0.6) is 0 Å². The molecule has 1 aliphatic carbocycles. The van der Waals surface area contributed by atoms with Gasteiger partial charge in [-0.05, 0) is 71.4 Å². The molecule has 2 fully saturated rings. The zero-order valence-electron chi connectivity index (χ0n) is 13.0. The zero-order valence-corrected chi connectivity index (χ0v) is 13.0. The molecule has 1 aliphatic heterocycles. The Bertz CT molecular complexity index is 191. The average Bonchev–Trinajstić information content (AvgIpc) is 2.86. The standard InChI is InChI=1S/C14H27NO.C2H6/c1-12(2)16-14-7-5-13(6-8-14)11-15-9-3-4-10-15;1-2/h12-14H,3-11H2,1-2H3;1-2H3. The second kappa shape index (κ2) is 8.92. The van der Waals surface area contributed by atoms with Crippen LogP contribution in [0.25, 0.3) is 0 Å². The van der Waals surface area contributed by atoms with Crippen molar-refractivity contribution >= 4 is 0 Å². The van der Waals surface area contributed by atoms with Gasteiger partial charge in [0, 0.05) is 6.54 Å². The van der Waals surface area contributed by atoms with Gasteiger partial charge in [-0.2, -0.15) is 0 Å². The van der Waals surface area contributed by atoms with Crippen LogP contribution in [0.2, 0.25) is 0 Å². The van der Waals surface area contributed by atoms with Crippen LogP contribution in [-0.4, -0.2) is 36.7 Å². The summed E-state index contributed by atoms with van der Waals surface area (Å²) >= 11 is 0. The number of hydrogen-bond acceptors (Lipinski definition) is 2. The van der Waals surface area contributed by atoms with Gasteiger partial charge in [0.15, 0.2) is 0 Å². The molecule has 0 bridgehead atoms. The third-order valence-corrected chi connectivity index (χ3v) is 3.97. The Kier molecular flexibility index (Phi) is 7.92. The van der Waals surface area contributed by atoms with E-state index in [2.05, 4.69) is 18.7 Å². The highest BCUT2D eigenvalue weighted by molar-refractivity contribution is 4.77. The molecular formula is C16H33NO. The Hall–Kier alpha value is -0.0800. The third-order valence-electron chi connectivity index (χ3n) is 3.97. The second-order valence-corrected chi connectivity index (χ2v) is 5.84. The molecule has 18 heavy (non-hydrogen) atoms. The average molecular weight is 255 g/mol. The first-order valence-electron chi connectivity index (χ1n) is 8.12. The fourth-order valence-electron chi connectivity index (χ4n) is 3.17. The summed E-state index contributed by atoms with van der Waals surface area (Å²) in [5.41, 5.74) is 0. The zero-order chi connectivity index (χ0) is 13.4. The minimum Gasteiger partial charge on any atom is -0.376 e. The summed E-state index contributed by atoms with van der Waals surface area (Å²) in [6.45, 7) is 12.4. The van der Waals surface area contributed by atoms with Crippen molar-refractivity contribution in [3.8, 4) is 0 Å². The summed E-state index contributed by atoms with van der Waals surface area (Å²) in [6, 6.07) is 0. The molecular weight excluding hydrogens is 222 g/mol. The van der Waals surface area contributed by atoms with Crippen molar-refractivity contribution in [1.82, 2.24) is 4.90 Å². The van der Waals surface area contributed by atoms with Crippen molar-refractivity contribution in [2.75, 3.05) is 19.6 Å². The summed E-state index contributed by atoms with van der Waals surface area (Å²) in [7, 11) is 0. The van der Waals surface area contributed by atoms with E-state index < -0.39 is 0 Å². The third kappa shape index (κ3) is 5.71. The van der Waals surface area contributed by atoms with Crippen molar-refractivity contribution in [3.05, 3.63) is 0 Å². The number of rotatable bonds is 4. The van der Waals surface area contributed by atoms with E-state index >= 15 is 0 Å². The predicted octanol–water partition coefficient (Wildman–Crippen LogP) is 4.09. The first kappa shape index (κ1) is 16.0. The van der Waals surface area contributed by atoms with Crippen LogP contribution in [0.1, 0.15) is 66.2 Å². The van der Waals surface area contributed by atoms with Crippen LogP contribution in [0.4, 0.5) is 0 Å². The molecule has 0 atom stereocenters. The van der Waals surface area contributed by atoms with Crippen molar-refractivity contribution in [2.24, 2.45) is 5.92 Å². The van der Waals surface area contributed by atoms with E-state index in [1.165, 1.54) is 58.2 Å². The number of ether oxygens (including phenoxy) is 1. The molecule has 2 heteroatoms. The Morgan fingerprint density at radius 3 is 2.06 bits per heavy atom. The first-order chi connectivity index (χ1) is 8.74. The van der Waals surface area contributed by atoms with Crippen LogP contribution in [-0.2, 0) is 4.74 Å². The molecule has 2 nitrogen and oxygen atoms in total. The maximum absolute atomic E-state index is 5.90. The Balaban J connectivity index is 0.000000771. The molecule has 2 rings (SSSR count). The maximum atomic E-state index is 5.90. The molecule has 0 radical (unpaired) electrons. The van der Waals surface area contributed by atoms with Gasteiger partial charge in [0.25, 0.3) is 0 Å². The largest absolute Gasteiger partial charge is 0.376 e. The van der Waals surface area contributed by atoms with Crippen molar-refractivity contribution in [3.63, 3.8) is 0 Å². The van der Waals surface area contributed by atoms with Crippen LogP contribution < -0.4 is 0 Å². The molecule has 0 N–H and O–H groups in total. The topological polar surface area (TPSA) is 12.5 Å². The number of likely N-dealkylation sites (tertiary alicyclic amines) is 1. The lowest BCUT2D eigenvalue weighted by atomic mass is 9.87. The first-order valence-corrected chi connectivity index (χ1v) is 8.12. The molecule has 108 valence electrons. The highest BCUT2D eigenvalue weighted by Gasteiger charge is 2.24. The van der Waals surface area contributed by atoms with E-state index in [-0.39, 0.29) is 0 Å². The number of nitrogens with zero attached hydrogens (tertiary/aromatic N) is 1. The van der Waals surface area contributed by atoms with Crippen molar-refractivity contribution in [2.45, 2.75) is 78.4 Å². The molecule has 1 saturated heterocycles. The Morgan fingerprint density at radius 2 is 1.56 bits per heavy atom. The quantitative estimate of drug-likeness (QED) is 0.750. The lowest BCUT2D eigenvalue weighted by Gasteiger charge is -2.32. The fraction of sp³-hybridized carbons (Fsp3) is 1.00. The summed E-state index contributed by atoms with van der Waals surface area (Å²) in [4.78, 5) is 2.66. The summed E-state index contributed by atoms with van der Waals surface area (Å²) < 4.78 is 5.90. The molecule has 2 aliphatic rings. The van der Waals surface area contributed by atoms with Gasteiger partial charge in [0.1, 0.15) is 0 Å². The van der Waals surface area contributed by atoms with Gasteiger partial charge < -0.3 is 9.64 Å². The summed E-state index contributed by atoms with van der Waals surface area (Å²) in [5, 5.41) is 0. The predicted molar refractivity (Wildman–Crippen MR) is 79.0 cm³/mol. The Morgan fingerprint density at radius 1 is 1.00 bits per heavy atom. The van der Waals surface area contributed by atoms with E-state index in [1.54, 1.807) is 0 Å².